The molecule has 0 bridgehead atoms. The van der Waals surface area contributed by atoms with Gasteiger partial charge < -0.3 is 10.6 Å². The highest BCUT2D eigenvalue weighted by atomic mass is 16.2. The predicted molar refractivity (Wildman–Crippen MR) is 70.8 cm³/mol. The largest absolute Gasteiger partial charge is 0.373 e. The fraction of sp³-hybridized carbons (Fsp3) is 0.133. The topological polar surface area (TPSA) is 41.1 Å². The lowest BCUT2D eigenvalue weighted by molar-refractivity contribution is -0.117. The molecular formula is C15H12N2O. The van der Waals surface area contributed by atoms with E-state index in [4.69, 9.17) is 0 Å². The lowest BCUT2D eigenvalue weighted by Gasteiger charge is -2.28. The van der Waals surface area contributed by atoms with Crippen LogP contribution in [0, 0.1) is 0 Å². The van der Waals surface area contributed by atoms with E-state index in [1.54, 1.807) is 0 Å². The molecule has 2 aliphatic heterocycles. The number of hydrogen-bond acceptors (Lipinski definition) is 2. The number of nitrogens with one attached hydrogen (secondary N) is 2. The number of hydrogen-bond donors (Lipinski definition) is 2. The second-order valence-corrected chi connectivity index (χ2v) is 4.76. The van der Waals surface area contributed by atoms with Crippen LogP contribution in [0.4, 0.5) is 11.4 Å². The van der Waals surface area contributed by atoms with Crippen molar-refractivity contribution < 1.29 is 4.79 Å². The maximum atomic E-state index is 12.1. The van der Waals surface area contributed by atoms with E-state index in [9.17, 15) is 4.79 Å². The van der Waals surface area contributed by atoms with Crippen LogP contribution in [-0.4, -0.2) is 11.9 Å². The van der Waals surface area contributed by atoms with Crippen LogP contribution < -0.4 is 10.6 Å². The number of para-hydroxylation sites is 2. The third-order valence-corrected chi connectivity index (χ3v) is 3.78. The summed E-state index contributed by atoms with van der Waals surface area (Å²) in [6, 6.07) is 16.0. The van der Waals surface area contributed by atoms with Crippen molar-refractivity contribution in [3.8, 4) is 0 Å². The molecule has 1 amide bonds. The van der Waals surface area contributed by atoms with Gasteiger partial charge in [-0.25, -0.2) is 0 Å². The van der Waals surface area contributed by atoms with Gasteiger partial charge in [-0.15, -0.1) is 0 Å². The first-order valence-electron chi connectivity index (χ1n) is 6.10. The van der Waals surface area contributed by atoms with Crippen LogP contribution in [-0.2, 0) is 4.79 Å². The molecule has 0 aromatic heterocycles. The molecule has 2 atom stereocenters. The molecule has 88 valence electrons. The molecule has 0 fully saturated rings. The summed E-state index contributed by atoms with van der Waals surface area (Å²) in [7, 11) is 0. The van der Waals surface area contributed by atoms with Crippen LogP contribution >= 0.6 is 0 Å². The Morgan fingerprint density at radius 2 is 1.44 bits per heavy atom. The van der Waals surface area contributed by atoms with Crippen molar-refractivity contribution in [2.45, 2.75) is 12.0 Å². The van der Waals surface area contributed by atoms with Gasteiger partial charge in [-0.3, -0.25) is 4.79 Å². The van der Waals surface area contributed by atoms with E-state index < -0.39 is 0 Å². The molecule has 0 spiro atoms. The summed E-state index contributed by atoms with van der Waals surface area (Å²) in [6.45, 7) is 0. The number of amides is 1. The highest BCUT2D eigenvalue weighted by Gasteiger charge is 2.41. The van der Waals surface area contributed by atoms with Gasteiger partial charge in [-0.05, 0) is 23.3 Å². The van der Waals surface area contributed by atoms with Gasteiger partial charge in [0, 0.05) is 17.3 Å². The molecule has 2 aromatic carbocycles. The molecule has 3 heteroatoms. The Bertz CT molecular complexity index is 650. The lowest BCUT2D eigenvalue weighted by Crippen LogP contribution is -2.40. The summed E-state index contributed by atoms with van der Waals surface area (Å²) in [5, 5.41) is 6.28. The summed E-state index contributed by atoms with van der Waals surface area (Å²) in [4.78, 5) is 12.1. The van der Waals surface area contributed by atoms with Gasteiger partial charge in [0.05, 0.1) is 0 Å². The molecule has 2 N–H and O–H groups in total. The zero-order chi connectivity index (χ0) is 12.1. The quantitative estimate of drug-likeness (QED) is 0.738. The standard InChI is InChI=1S/C15H12N2O/c18-15-14-13(9-5-1-3-7-11(9)16-14)10-6-2-4-8-12(10)17-15/h1-8,13-14,16H,(H,17,18)/t13-,14-/m1/s1. The molecule has 3 nitrogen and oxygen atoms in total. The van der Waals surface area contributed by atoms with E-state index in [-0.39, 0.29) is 17.9 Å². The zero-order valence-corrected chi connectivity index (χ0v) is 9.68. The lowest BCUT2D eigenvalue weighted by atomic mass is 9.84. The van der Waals surface area contributed by atoms with Gasteiger partial charge in [0.25, 0.3) is 0 Å². The number of benzene rings is 2. The molecule has 2 heterocycles. The van der Waals surface area contributed by atoms with Gasteiger partial charge in [0.2, 0.25) is 5.91 Å². The normalized spacial score (nSPS) is 23.4. The van der Waals surface area contributed by atoms with Gasteiger partial charge in [-0.1, -0.05) is 36.4 Å². The average molecular weight is 236 g/mol. The minimum Gasteiger partial charge on any atom is -0.373 e. The molecule has 4 rings (SSSR count). The molecule has 0 saturated carbocycles. The minimum absolute atomic E-state index is 0.0508. The van der Waals surface area contributed by atoms with Crippen LogP contribution in [0.5, 0.6) is 0 Å². The van der Waals surface area contributed by atoms with Gasteiger partial charge in [-0.2, -0.15) is 0 Å². The summed E-state index contributed by atoms with van der Waals surface area (Å²) in [5.41, 5.74) is 4.41. The van der Waals surface area contributed by atoms with E-state index in [0.29, 0.717) is 0 Å². The van der Waals surface area contributed by atoms with Crippen LogP contribution in [0.25, 0.3) is 0 Å². The first-order valence-corrected chi connectivity index (χ1v) is 6.10. The smallest absolute Gasteiger partial charge is 0.247 e. The number of carbonyl (C=O) groups excluding carboxylic acids is 1. The van der Waals surface area contributed by atoms with Crippen molar-refractivity contribution in [2.24, 2.45) is 0 Å². The van der Waals surface area contributed by atoms with E-state index in [2.05, 4.69) is 22.8 Å². The summed E-state index contributed by atoms with van der Waals surface area (Å²) in [5.74, 6) is 0.182. The Morgan fingerprint density at radius 1 is 0.833 bits per heavy atom. The van der Waals surface area contributed by atoms with E-state index in [1.807, 2.05) is 36.4 Å². The van der Waals surface area contributed by atoms with E-state index in [0.717, 1.165) is 11.4 Å². The van der Waals surface area contributed by atoms with Crippen LogP contribution in [0.1, 0.15) is 17.0 Å². The van der Waals surface area contributed by atoms with Gasteiger partial charge >= 0.3 is 0 Å². The van der Waals surface area contributed by atoms with E-state index >= 15 is 0 Å². The molecule has 0 radical (unpaired) electrons. The molecule has 18 heavy (non-hydrogen) atoms. The van der Waals surface area contributed by atoms with Crippen LogP contribution in [0.2, 0.25) is 0 Å². The Kier molecular flexibility index (Phi) is 1.81. The SMILES string of the molecule is O=C1Nc2ccccc2[C@H]2c3ccccc3N[C@@H]12. The fourth-order valence-corrected chi connectivity index (χ4v) is 2.99. The van der Waals surface area contributed by atoms with Crippen molar-refractivity contribution in [3.05, 3.63) is 59.7 Å². The van der Waals surface area contributed by atoms with Gasteiger partial charge in [0.1, 0.15) is 6.04 Å². The molecule has 2 aromatic rings. The van der Waals surface area contributed by atoms with Crippen molar-refractivity contribution in [3.63, 3.8) is 0 Å². The number of fused-ring (bicyclic) bond motifs is 5. The van der Waals surface area contributed by atoms with Crippen LogP contribution in [0.15, 0.2) is 48.5 Å². The maximum Gasteiger partial charge on any atom is 0.247 e. The minimum atomic E-state index is -0.183. The highest BCUT2D eigenvalue weighted by Crippen LogP contribution is 2.45. The Balaban J connectivity index is 1.96. The molecule has 2 aliphatic rings. The first kappa shape index (κ1) is 9.71. The van der Waals surface area contributed by atoms with Crippen molar-refractivity contribution in [1.82, 2.24) is 0 Å². The summed E-state index contributed by atoms with van der Waals surface area (Å²) in [6.07, 6.45) is 0. The maximum absolute atomic E-state index is 12.1. The van der Waals surface area contributed by atoms with Crippen molar-refractivity contribution in [1.29, 1.82) is 0 Å². The highest BCUT2D eigenvalue weighted by molar-refractivity contribution is 6.03. The number of carbonyl (C=O) groups is 1. The van der Waals surface area contributed by atoms with Gasteiger partial charge in [0.15, 0.2) is 0 Å². The second kappa shape index (κ2) is 3.35. The monoisotopic (exact) mass is 236 g/mol. The molecular weight excluding hydrogens is 224 g/mol. The molecule has 0 aliphatic carbocycles. The molecule has 0 saturated heterocycles. The van der Waals surface area contributed by atoms with E-state index in [1.165, 1.54) is 11.1 Å². The number of rotatable bonds is 0. The molecule has 0 unspecified atom stereocenters. The first-order chi connectivity index (χ1) is 8.84. The number of anilines is 2. The summed E-state index contributed by atoms with van der Waals surface area (Å²) < 4.78 is 0. The van der Waals surface area contributed by atoms with Crippen LogP contribution in [0.3, 0.4) is 0 Å². The fourth-order valence-electron chi connectivity index (χ4n) is 2.99. The Labute approximate surface area is 105 Å². The van der Waals surface area contributed by atoms with Crippen molar-refractivity contribution >= 4 is 17.3 Å². The Morgan fingerprint density at radius 3 is 2.22 bits per heavy atom. The third kappa shape index (κ3) is 1.16. The third-order valence-electron chi connectivity index (χ3n) is 3.78. The Hall–Kier alpha value is -2.29. The predicted octanol–water partition coefficient (Wildman–Crippen LogP) is 2.56. The second-order valence-electron chi connectivity index (χ2n) is 4.76. The van der Waals surface area contributed by atoms with Crippen molar-refractivity contribution in [2.75, 3.05) is 10.6 Å². The zero-order valence-electron chi connectivity index (χ0n) is 9.68. The summed E-state index contributed by atoms with van der Waals surface area (Å²) >= 11 is 0. The average Bonchev–Trinajstić information content (AvgIpc) is 2.79.